The maximum atomic E-state index is 13.4. The Labute approximate surface area is 220 Å². The molecule has 0 atom stereocenters. The van der Waals surface area contributed by atoms with Crippen molar-refractivity contribution >= 4 is 33.2 Å². The van der Waals surface area contributed by atoms with Crippen LogP contribution in [0.2, 0.25) is 5.02 Å². The Hall–Kier alpha value is -3.17. The molecule has 0 bridgehead atoms. The number of sulfone groups is 1. The van der Waals surface area contributed by atoms with Crippen LogP contribution in [0.15, 0.2) is 65.8 Å². The standard InChI is InChI=1S/C27H26ClFN4O3S/c1-37(35,36)25-8-21(28)6-7-24(25)19-4-2-18(3-5-19)20-12-31(13-20)26(34)33-16-27(17-33)14-32(15-27)23-9-22(29)10-30-11-23/h2-11,20H,12-17H2,1H3. The van der Waals surface area contributed by atoms with Gasteiger partial charge in [-0.1, -0.05) is 41.9 Å². The Morgan fingerprint density at radius 2 is 1.70 bits per heavy atom. The highest BCUT2D eigenvalue weighted by Gasteiger charge is 2.54. The first-order valence-electron chi connectivity index (χ1n) is 12.1. The Kier molecular flexibility index (Phi) is 5.69. The van der Waals surface area contributed by atoms with Gasteiger partial charge in [-0.2, -0.15) is 0 Å². The van der Waals surface area contributed by atoms with Crippen molar-refractivity contribution in [2.75, 3.05) is 50.4 Å². The fraction of sp³-hybridized carbons (Fsp3) is 0.333. The fourth-order valence-electron chi connectivity index (χ4n) is 5.64. The van der Waals surface area contributed by atoms with E-state index >= 15 is 0 Å². The van der Waals surface area contributed by atoms with Crippen LogP contribution < -0.4 is 4.90 Å². The largest absolute Gasteiger partial charge is 0.369 e. The normalized spacial score (nSPS) is 18.8. The summed E-state index contributed by atoms with van der Waals surface area (Å²) in [4.78, 5) is 22.9. The van der Waals surface area contributed by atoms with E-state index in [1.54, 1.807) is 18.3 Å². The van der Waals surface area contributed by atoms with Gasteiger partial charge in [0.1, 0.15) is 5.82 Å². The number of hydrogen-bond donors (Lipinski definition) is 0. The minimum atomic E-state index is -3.43. The Morgan fingerprint density at radius 1 is 1.00 bits per heavy atom. The maximum Gasteiger partial charge on any atom is 0.320 e. The lowest BCUT2D eigenvalue weighted by Gasteiger charge is -2.61. The van der Waals surface area contributed by atoms with Gasteiger partial charge in [0.2, 0.25) is 0 Å². The monoisotopic (exact) mass is 540 g/mol. The van der Waals surface area contributed by atoms with Gasteiger partial charge < -0.3 is 14.7 Å². The molecule has 3 aromatic rings. The Balaban J connectivity index is 1.03. The minimum absolute atomic E-state index is 0.0725. The second kappa shape index (κ2) is 8.70. The lowest BCUT2D eigenvalue weighted by atomic mass is 9.72. The molecule has 0 aliphatic carbocycles. The summed E-state index contributed by atoms with van der Waals surface area (Å²) in [5.41, 5.74) is 3.45. The summed E-state index contributed by atoms with van der Waals surface area (Å²) in [5.74, 6) is -0.0815. The number of carbonyl (C=O) groups excluding carboxylic acids is 1. The summed E-state index contributed by atoms with van der Waals surface area (Å²) in [6.45, 7) is 4.41. The number of halogens is 2. The number of nitrogens with zero attached hydrogens (tertiary/aromatic N) is 4. The van der Waals surface area contributed by atoms with Crippen LogP contribution in [0.5, 0.6) is 0 Å². The molecule has 3 saturated heterocycles. The van der Waals surface area contributed by atoms with E-state index < -0.39 is 9.84 Å². The van der Waals surface area contributed by atoms with Crippen molar-refractivity contribution < 1.29 is 17.6 Å². The number of pyridine rings is 1. The van der Waals surface area contributed by atoms with Crippen molar-refractivity contribution in [1.82, 2.24) is 14.8 Å². The molecule has 2 amide bonds. The molecule has 0 unspecified atom stereocenters. The molecule has 4 heterocycles. The third-order valence-electron chi connectivity index (χ3n) is 7.62. The SMILES string of the molecule is CS(=O)(=O)c1cc(Cl)ccc1-c1ccc(C2CN(C(=O)N3CC4(C3)CN(c3cncc(F)c3)C4)C2)cc1. The first-order chi connectivity index (χ1) is 17.6. The molecule has 3 fully saturated rings. The number of benzene rings is 2. The third kappa shape index (κ3) is 4.44. The molecule has 0 saturated carbocycles. The molecule has 6 rings (SSSR count). The molecule has 3 aliphatic rings. The summed E-state index contributed by atoms with van der Waals surface area (Å²) in [7, 11) is -3.43. The van der Waals surface area contributed by atoms with E-state index in [2.05, 4.69) is 9.88 Å². The van der Waals surface area contributed by atoms with Crippen LogP contribution >= 0.6 is 11.6 Å². The van der Waals surface area contributed by atoms with E-state index in [0.29, 0.717) is 23.7 Å². The molecule has 0 N–H and O–H groups in total. The molecule has 1 aromatic heterocycles. The molecular formula is C27H26ClFN4O3S. The van der Waals surface area contributed by atoms with E-state index in [0.717, 1.165) is 43.0 Å². The van der Waals surface area contributed by atoms with Crippen molar-refractivity contribution in [3.8, 4) is 11.1 Å². The zero-order valence-electron chi connectivity index (χ0n) is 20.3. The zero-order chi connectivity index (χ0) is 25.9. The van der Waals surface area contributed by atoms with Crippen molar-refractivity contribution in [2.45, 2.75) is 10.8 Å². The molecule has 1 spiro atoms. The van der Waals surface area contributed by atoms with E-state index in [1.807, 2.05) is 34.1 Å². The van der Waals surface area contributed by atoms with E-state index in [-0.39, 0.29) is 28.1 Å². The highest BCUT2D eigenvalue weighted by molar-refractivity contribution is 7.90. The van der Waals surface area contributed by atoms with Crippen LogP contribution in [0, 0.1) is 11.2 Å². The van der Waals surface area contributed by atoms with Gasteiger partial charge in [0.25, 0.3) is 0 Å². The summed E-state index contributed by atoms with van der Waals surface area (Å²) < 4.78 is 37.9. The van der Waals surface area contributed by atoms with Gasteiger partial charge in [-0.05, 0) is 23.3 Å². The third-order valence-corrected chi connectivity index (χ3v) is 8.99. The molecular weight excluding hydrogens is 515 g/mol. The number of anilines is 1. The second-order valence-corrected chi connectivity index (χ2v) is 12.9. The van der Waals surface area contributed by atoms with Crippen LogP contribution in [-0.4, -0.2) is 74.8 Å². The summed E-state index contributed by atoms with van der Waals surface area (Å²) in [5, 5.41) is 0.381. The number of rotatable bonds is 4. The number of aromatic nitrogens is 1. The molecule has 0 radical (unpaired) electrons. The van der Waals surface area contributed by atoms with Gasteiger partial charge in [0, 0.05) is 73.5 Å². The lowest BCUT2D eigenvalue weighted by Crippen LogP contribution is -2.74. The van der Waals surface area contributed by atoms with Crippen LogP contribution in [-0.2, 0) is 9.84 Å². The van der Waals surface area contributed by atoms with Crippen LogP contribution in [0.4, 0.5) is 14.9 Å². The second-order valence-electron chi connectivity index (χ2n) is 10.5. The van der Waals surface area contributed by atoms with Crippen LogP contribution in [0.3, 0.4) is 0 Å². The van der Waals surface area contributed by atoms with Gasteiger partial charge in [-0.25, -0.2) is 17.6 Å². The zero-order valence-corrected chi connectivity index (χ0v) is 21.8. The fourth-order valence-corrected chi connectivity index (χ4v) is 6.80. The Morgan fingerprint density at radius 3 is 2.35 bits per heavy atom. The predicted molar refractivity (Wildman–Crippen MR) is 140 cm³/mol. The first kappa shape index (κ1) is 24.2. The van der Waals surface area contributed by atoms with Gasteiger partial charge in [0.15, 0.2) is 9.84 Å². The van der Waals surface area contributed by atoms with Gasteiger partial charge in [0.05, 0.1) is 23.0 Å². The highest BCUT2D eigenvalue weighted by Crippen LogP contribution is 2.43. The van der Waals surface area contributed by atoms with Crippen LogP contribution in [0.1, 0.15) is 11.5 Å². The number of likely N-dealkylation sites (tertiary alicyclic amines) is 2. The summed E-state index contributed by atoms with van der Waals surface area (Å²) in [6.07, 6.45) is 4.05. The van der Waals surface area contributed by atoms with E-state index in [9.17, 15) is 17.6 Å². The van der Waals surface area contributed by atoms with E-state index in [4.69, 9.17) is 11.6 Å². The lowest BCUT2D eigenvalue weighted by molar-refractivity contribution is -0.0117. The molecule has 37 heavy (non-hydrogen) atoms. The topological polar surface area (TPSA) is 73.8 Å². The van der Waals surface area contributed by atoms with Crippen molar-refractivity contribution in [3.63, 3.8) is 0 Å². The molecule has 192 valence electrons. The van der Waals surface area contributed by atoms with Gasteiger partial charge in [-0.15, -0.1) is 0 Å². The number of urea groups is 1. The average molecular weight is 541 g/mol. The average Bonchev–Trinajstić information content (AvgIpc) is 2.76. The van der Waals surface area contributed by atoms with Crippen molar-refractivity contribution in [3.05, 3.63) is 77.3 Å². The molecule has 2 aromatic carbocycles. The quantitative estimate of drug-likeness (QED) is 0.494. The molecule has 7 nitrogen and oxygen atoms in total. The van der Waals surface area contributed by atoms with Crippen molar-refractivity contribution in [1.29, 1.82) is 0 Å². The molecule has 10 heteroatoms. The van der Waals surface area contributed by atoms with Gasteiger partial charge >= 0.3 is 6.03 Å². The number of amides is 2. The first-order valence-corrected chi connectivity index (χ1v) is 14.4. The highest BCUT2D eigenvalue weighted by atomic mass is 35.5. The van der Waals surface area contributed by atoms with E-state index in [1.165, 1.54) is 24.6 Å². The summed E-state index contributed by atoms with van der Waals surface area (Å²) in [6, 6.07) is 14.3. The number of carbonyl (C=O) groups is 1. The van der Waals surface area contributed by atoms with Crippen LogP contribution in [0.25, 0.3) is 11.1 Å². The minimum Gasteiger partial charge on any atom is -0.369 e. The van der Waals surface area contributed by atoms with Crippen molar-refractivity contribution in [2.24, 2.45) is 5.41 Å². The smallest absolute Gasteiger partial charge is 0.320 e. The predicted octanol–water partition coefficient (Wildman–Crippen LogP) is 4.29. The maximum absolute atomic E-state index is 13.4. The Bertz CT molecular complexity index is 1480. The van der Waals surface area contributed by atoms with Gasteiger partial charge in [-0.3, -0.25) is 4.98 Å². The number of hydrogen-bond acceptors (Lipinski definition) is 5. The summed E-state index contributed by atoms with van der Waals surface area (Å²) >= 11 is 6.03. The molecule has 3 aliphatic heterocycles.